The molecule has 0 radical (unpaired) electrons. The summed E-state index contributed by atoms with van der Waals surface area (Å²) in [5.41, 5.74) is 0. The lowest BCUT2D eigenvalue weighted by Gasteiger charge is -2.11. The monoisotopic (exact) mass is 320 g/mol. The summed E-state index contributed by atoms with van der Waals surface area (Å²) >= 11 is 13.7. The summed E-state index contributed by atoms with van der Waals surface area (Å²) in [6.45, 7) is 0. The number of halogens is 2. The van der Waals surface area contributed by atoms with E-state index in [0.29, 0.717) is 36.5 Å². The zero-order valence-corrected chi connectivity index (χ0v) is 12.7. The zero-order chi connectivity index (χ0) is 14.2. The Bertz CT molecular complexity index is 604. The fourth-order valence-electron chi connectivity index (χ4n) is 1.71. The van der Waals surface area contributed by atoms with Crippen LogP contribution >= 0.6 is 34.5 Å². The van der Waals surface area contributed by atoms with E-state index in [9.17, 15) is 4.79 Å². The SMILES string of the molecule is COC(=O)c1cc2c(Cl)c(OC)c(OC)c(Cl)c2s1. The quantitative estimate of drug-likeness (QED) is 0.801. The molecular formula is C12H10Cl2O4S. The number of rotatable bonds is 3. The largest absolute Gasteiger partial charge is 0.491 e. The normalized spacial score (nSPS) is 10.6. The van der Waals surface area contributed by atoms with Crippen LogP contribution in [0.25, 0.3) is 10.1 Å². The first kappa shape index (κ1) is 14.2. The summed E-state index contributed by atoms with van der Waals surface area (Å²) in [4.78, 5) is 12.0. The van der Waals surface area contributed by atoms with Crippen molar-refractivity contribution in [1.29, 1.82) is 0 Å². The van der Waals surface area contributed by atoms with Crippen molar-refractivity contribution in [3.63, 3.8) is 0 Å². The number of carbonyl (C=O) groups is 1. The first-order chi connectivity index (χ1) is 9.04. The molecule has 1 aromatic heterocycles. The number of fused-ring (bicyclic) bond motifs is 1. The number of carbonyl (C=O) groups excluding carboxylic acids is 1. The maximum Gasteiger partial charge on any atom is 0.348 e. The molecule has 0 unspecified atom stereocenters. The zero-order valence-electron chi connectivity index (χ0n) is 10.4. The van der Waals surface area contributed by atoms with E-state index >= 15 is 0 Å². The van der Waals surface area contributed by atoms with Gasteiger partial charge in [-0.25, -0.2) is 4.79 Å². The highest BCUT2D eigenvalue weighted by atomic mass is 35.5. The van der Waals surface area contributed by atoms with Gasteiger partial charge in [-0.2, -0.15) is 0 Å². The van der Waals surface area contributed by atoms with Gasteiger partial charge in [0.2, 0.25) is 0 Å². The Labute approximate surface area is 123 Å². The van der Waals surface area contributed by atoms with E-state index in [0.717, 1.165) is 0 Å². The van der Waals surface area contributed by atoms with Crippen molar-refractivity contribution >= 4 is 50.6 Å². The molecule has 0 amide bonds. The smallest absolute Gasteiger partial charge is 0.348 e. The van der Waals surface area contributed by atoms with Crippen molar-refractivity contribution in [2.75, 3.05) is 21.3 Å². The highest BCUT2D eigenvalue weighted by Crippen LogP contribution is 2.49. The van der Waals surface area contributed by atoms with E-state index in [1.165, 1.54) is 32.7 Å². The van der Waals surface area contributed by atoms with Crippen LogP contribution in [0.2, 0.25) is 10.0 Å². The van der Waals surface area contributed by atoms with Gasteiger partial charge in [0.1, 0.15) is 9.90 Å². The summed E-state index contributed by atoms with van der Waals surface area (Å²) in [7, 11) is 4.26. The van der Waals surface area contributed by atoms with Crippen LogP contribution in [0.4, 0.5) is 0 Å². The van der Waals surface area contributed by atoms with E-state index in [4.69, 9.17) is 32.7 Å². The molecule has 0 aliphatic rings. The van der Waals surface area contributed by atoms with Crippen molar-refractivity contribution in [2.24, 2.45) is 0 Å². The van der Waals surface area contributed by atoms with Gasteiger partial charge in [-0.1, -0.05) is 23.2 Å². The lowest BCUT2D eigenvalue weighted by molar-refractivity contribution is 0.0606. The summed E-state index contributed by atoms with van der Waals surface area (Å²) in [5, 5.41) is 1.35. The molecule has 1 heterocycles. The Hall–Kier alpha value is -1.17. The number of thiophene rings is 1. The van der Waals surface area contributed by atoms with Crippen LogP contribution in [-0.2, 0) is 4.74 Å². The van der Waals surface area contributed by atoms with Crippen LogP contribution in [0, 0.1) is 0 Å². The minimum atomic E-state index is -0.439. The molecule has 0 saturated carbocycles. The molecule has 2 aromatic rings. The fraction of sp³-hybridized carbons (Fsp3) is 0.250. The molecule has 7 heteroatoms. The molecule has 0 saturated heterocycles. The highest BCUT2D eigenvalue weighted by molar-refractivity contribution is 7.21. The Kier molecular flexibility index (Phi) is 4.08. The van der Waals surface area contributed by atoms with E-state index in [1.54, 1.807) is 6.07 Å². The number of esters is 1. The van der Waals surface area contributed by atoms with E-state index in [2.05, 4.69) is 4.74 Å². The molecule has 4 nitrogen and oxygen atoms in total. The molecule has 0 fully saturated rings. The van der Waals surface area contributed by atoms with Gasteiger partial charge < -0.3 is 14.2 Å². The topological polar surface area (TPSA) is 44.8 Å². The maximum atomic E-state index is 11.6. The van der Waals surface area contributed by atoms with Crippen molar-refractivity contribution in [1.82, 2.24) is 0 Å². The molecule has 0 aliphatic heterocycles. The van der Waals surface area contributed by atoms with Gasteiger partial charge in [-0.05, 0) is 6.07 Å². The van der Waals surface area contributed by atoms with Gasteiger partial charge >= 0.3 is 5.97 Å². The first-order valence-electron chi connectivity index (χ1n) is 5.15. The second kappa shape index (κ2) is 5.45. The number of benzene rings is 1. The standard InChI is InChI=1S/C12H10Cl2O4S/c1-16-9-7(13)5-4-6(12(15)18-3)19-11(5)8(14)10(9)17-2/h4H,1-3H3. The number of hydrogen-bond donors (Lipinski definition) is 0. The number of methoxy groups -OCH3 is 3. The third-order valence-electron chi connectivity index (χ3n) is 2.57. The van der Waals surface area contributed by atoms with Crippen molar-refractivity contribution in [3.05, 3.63) is 21.0 Å². The highest BCUT2D eigenvalue weighted by Gasteiger charge is 2.23. The molecule has 0 bridgehead atoms. The molecule has 1 aromatic carbocycles. The summed E-state index contributed by atoms with van der Waals surface area (Å²) in [6, 6.07) is 1.63. The van der Waals surface area contributed by atoms with Crippen molar-refractivity contribution in [3.8, 4) is 11.5 Å². The predicted molar refractivity (Wildman–Crippen MR) is 76.3 cm³/mol. The molecule has 2 rings (SSSR count). The van der Waals surface area contributed by atoms with Gasteiger partial charge in [0.15, 0.2) is 11.5 Å². The number of hydrogen-bond acceptors (Lipinski definition) is 5. The Morgan fingerprint density at radius 3 is 2.21 bits per heavy atom. The minimum absolute atomic E-state index is 0.343. The lowest BCUT2D eigenvalue weighted by atomic mass is 10.2. The van der Waals surface area contributed by atoms with Gasteiger partial charge in [0.05, 0.1) is 31.1 Å². The second-order valence-corrected chi connectivity index (χ2v) is 5.35. The molecule has 0 N–H and O–H groups in total. The Morgan fingerprint density at radius 2 is 1.68 bits per heavy atom. The molecule has 0 aliphatic carbocycles. The second-order valence-electron chi connectivity index (χ2n) is 3.54. The molecule has 0 spiro atoms. The van der Waals surface area contributed by atoms with Crippen LogP contribution in [0.5, 0.6) is 11.5 Å². The van der Waals surface area contributed by atoms with Crippen molar-refractivity contribution < 1.29 is 19.0 Å². The third kappa shape index (κ3) is 2.22. The van der Waals surface area contributed by atoms with Gasteiger partial charge in [0.25, 0.3) is 0 Å². The lowest BCUT2D eigenvalue weighted by Crippen LogP contribution is -1.96. The van der Waals surface area contributed by atoms with E-state index in [-0.39, 0.29) is 0 Å². The van der Waals surface area contributed by atoms with E-state index < -0.39 is 5.97 Å². The predicted octanol–water partition coefficient (Wildman–Crippen LogP) is 4.01. The van der Waals surface area contributed by atoms with Gasteiger partial charge in [-0.3, -0.25) is 0 Å². The molecular weight excluding hydrogens is 311 g/mol. The fourth-order valence-corrected chi connectivity index (χ4v) is 3.47. The van der Waals surface area contributed by atoms with Crippen LogP contribution in [0.3, 0.4) is 0 Å². The minimum Gasteiger partial charge on any atom is -0.491 e. The van der Waals surface area contributed by atoms with Crippen LogP contribution in [-0.4, -0.2) is 27.3 Å². The summed E-state index contributed by atoms with van der Waals surface area (Å²) in [6.07, 6.45) is 0. The molecule has 102 valence electrons. The van der Waals surface area contributed by atoms with Crippen LogP contribution in [0.15, 0.2) is 6.07 Å². The van der Waals surface area contributed by atoms with Crippen LogP contribution < -0.4 is 9.47 Å². The van der Waals surface area contributed by atoms with Crippen LogP contribution in [0.1, 0.15) is 9.67 Å². The summed E-state index contributed by atoms with van der Waals surface area (Å²) < 4.78 is 15.7. The average Bonchev–Trinajstić information content (AvgIpc) is 2.87. The third-order valence-corrected chi connectivity index (χ3v) is 4.55. The Morgan fingerprint density at radius 1 is 1.11 bits per heavy atom. The molecule has 19 heavy (non-hydrogen) atoms. The Balaban J connectivity index is 2.81. The van der Waals surface area contributed by atoms with E-state index in [1.807, 2.05) is 0 Å². The van der Waals surface area contributed by atoms with Gasteiger partial charge in [0, 0.05) is 5.39 Å². The molecule has 0 atom stereocenters. The van der Waals surface area contributed by atoms with Gasteiger partial charge in [-0.15, -0.1) is 11.3 Å². The summed E-state index contributed by atoms with van der Waals surface area (Å²) in [5.74, 6) is 0.252. The first-order valence-corrected chi connectivity index (χ1v) is 6.73. The number of ether oxygens (including phenoxy) is 3. The average molecular weight is 321 g/mol. The van der Waals surface area contributed by atoms with Crippen molar-refractivity contribution in [2.45, 2.75) is 0 Å². The maximum absolute atomic E-state index is 11.6.